The lowest BCUT2D eigenvalue weighted by molar-refractivity contribution is -0.144. The van der Waals surface area contributed by atoms with Gasteiger partial charge >= 0.3 is 5.97 Å². The minimum Gasteiger partial charge on any atom is -0.481 e. The summed E-state index contributed by atoms with van der Waals surface area (Å²) in [5.74, 6) is -0.593. The van der Waals surface area contributed by atoms with E-state index in [1.54, 1.807) is 0 Å². The zero-order valence-corrected chi connectivity index (χ0v) is 6.55. The third kappa shape index (κ3) is 1.13. The van der Waals surface area contributed by atoms with Gasteiger partial charge < -0.3 is 10.0 Å². The van der Waals surface area contributed by atoms with Crippen LogP contribution in [0.15, 0.2) is 0 Å². The van der Waals surface area contributed by atoms with E-state index in [0.717, 1.165) is 32.5 Å². The lowest BCUT2D eigenvalue weighted by Crippen LogP contribution is -2.43. The Morgan fingerprint density at radius 3 is 2.36 bits per heavy atom. The maximum atomic E-state index is 10.7. The number of rotatable bonds is 3. The van der Waals surface area contributed by atoms with E-state index in [2.05, 4.69) is 4.90 Å². The van der Waals surface area contributed by atoms with Gasteiger partial charge in [-0.3, -0.25) is 4.79 Å². The van der Waals surface area contributed by atoms with E-state index in [-0.39, 0.29) is 5.41 Å². The molecular formula is C8H13NO2. The van der Waals surface area contributed by atoms with Crippen LogP contribution in [0.2, 0.25) is 0 Å². The first-order valence-electron chi connectivity index (χ1n) is 4.19. The first kappa shape index (κ1) is 7.10. The molecule has 2 fully saturated rings. The van der Waals surface area contributed by atoms with Crippen molar-refractivity contribution in [1.82, 2.24) is 4.90 Å². The second kappa shape index (κ2) is 2.21. The maximum Gasteiger partial charge on any atom is 0.310 e. The fraction of sp³-hybridized carbons (Fsp3) is 0.875. The Morgan fingerprint density at radius 1 is 1.45 bits per heavy atom. The summed E-state index contributed by atoms with van der Waals surface area (Å²) in [4.78, 5) is 13.0. The number of hydrogen-bond donors (Lipinski definition) is 1. The van der Waals surface area contributed by atoms with Gasteiger partial charge in [-0.1, -0.05) is 0 Å². The molecular weight excluding hydrogens is 142 g/mol. The third-order valence-corrected chi connectivity index (χ3v) is 2.78. The van der Waals surface area contributed by atoms with Gasteiger partial charge in [0.1, 0.15) is 0 Å². The van der Waals surface area contributed by atoms with Crippen molar-refractivity contribution in [1.29, 1.82) is 0 Å². The quantitative estimate of drug-likeness (QED) is 0.647. The zero-order valence-electron chi connectivity index (χ0n) is 6.55. The number of likely N-dealkylation sites (tertiary alicyclic amines) is 1. The van der Waals surface area contributed by atoms with Gasteiger partial charge in [-0.2, -0.15) is 0 Å². The molecule has 0 aromatic heterocycles. The van der Waals surface area contributed by atoms with Crippen LogP contribution in [0.3, 0.4) is 0 Å². The van der Waals surface area contributed by atoms with Crippen molar-refractivity contribution in [2.75, 3.05) is 19.6 Å². The smallest absolute Gasteiger partial charge is 0.310 e. The Kier molecular flexibility index (Phi) is 1.42. The van der Waals surface area contributed by atoms with E-state index in [0.29, 0.717) is 0 Å². The molecule has 1 saturated heterocycles. The molecule has 0 aromatic rings. The highest BCUT2D eigenvalue weighted by molar-refractivity contribution is 5.78. The molecule has 1 aliphatic heterocycles. The molecule has 2 aliphatic rings. The molecule has 0 spiro atoms. The van der Waals surface area contributed by atoms with Gasteiger partial charge in [-0.25, -0.2) is 0 Å². The molecule has 2 rings (SSSR count). The van der Waals surface area contributed by atoms with E-state index < -0.39 is 5.97 Å². The molecule has 62 valence electrons. The van der Waals surface area contributed by atoms with Crippen LogP contribution >= 0.6 is 0 Å². The molecule has 1 heterocycles. The third-order valence-electron chi connectivity index (χ3n) is 2.78. The average Bonchev–Trinajstić information content (AvgIpc) is 2.59. The number of nitrogens with zero attached hydrogens (tertiary/aromatic N) is 1. The number of carboxylic acids is 1. The summed E-state index contributed by atoms with van der Waals surface area (Å²) in [5, 5.41) is 8.85. The van der Waals surface area contributed by atoms with Crippen molar-refractivity contribution >= 4 is 5.97 Å². The van der Waals surface area contributed by atoms with Gasteiger partial charge in [-0.15, -0.1) is 0 Å². The monoisotopic (exact) mass is 155 g/mol. The molecule has 1 saturated carbocycles. The first-order chi connectivity index (χ1) is 5.23. The Bertz CT molecular complexity index is 183. The maximum absolute atomic E-state index is 10.7. The Morgan fingerprint density at radius 2 is 2.09 bits per heavy atom. The van der Waals surface area contributed by atoms with Crippen LogP contribution in [0.25, 0.3) is 0 Å². The van der Waals surface area contributed by atoms with Gasteiger partial charge in [0.2, 0.25) is 0 Å². The van der Waals surface area contributed by atoms with Gasteiger partial charge in [-0.05, 0) is 32.4 Å². The molecule has 3 nitrogen and oxygen atoms in total. The van der Waals surface area contributed by atoms with Crippen molar-refractivity contribution in [3.8, 4) is 0 Å². The van der Waals surface area contributed by atoms with E-state index in [9.17, 15) is 4.79 Å². The predicted molar refractivity (Wildman–Crippen MR) is 40.4 cm³/mol. The second-order valence-electron chi connectivity index (χ2n) is 3.72. The summed E-state index contributed by atoms with van der Waals surface area (Å²) in [6, 6.07) is 0. The van der Waals surface area contributed by atoms with Crippen LogP contribution in [0, 0.1) is 5.41 Å². The Hall–Kier alpha value is -0.570. The average molecular weight is 155 g/mol. The van der Waals surface area contributed by atoms with Crippen LogP contribution < -0.4 is 0 Å². The van der Waals surface area contributed by atoms with Crippen molar-refractivity contribution < 1.29 is 9.90 Å². The van der Waals surface area contributed by atoms with Crippen molar-refractivity contribution in [2.45, 2.75) is 19.3 Å². The fourth-order valence-electron chi connectivity index (χ4n) is 1.56. The van der Waals surface area contributed by atoms with Crippen molar-refractivity contribution in [3.05, 3.63) is 0 Å². The molecule has 0 aromatic carbocycles. The van der Waals surface area contributed by atoms with Crippen LogP contribution in [0.1, 0.15) is 19.3 Å². The van der Waals surface area contributed by atoms with Crippen molar-refractivity contribution in [2.24, 2.45) is 5.41 Å². The molecule has 1 aliphatic carbocycles. The molecule has 0 radical (unpaired) electrons. The lowest BCUT2D eigenvalue weighted by atomic mass is 10.0. The van der Waals surface area contributed by atoms with Gasteiger partial charge in [0.05, 0.1) is 5.41 Å². The highest BCUT2D eigenvalue weighted by Crippen LogP contribution is 2.46. The van der Waals surface area contributed by atoms with Crippen LogP contribution in [0.5, 0.6) is 0 Å². The number of aliphatic carboxylic acids is 1. The Balaban J connectivity index is 1.88. The molecule has 0 atom stereocenters. The molecule has 11 heavy (non-hydrogen) atoms. The SMILES string of the molecule is O=C(O)C1(CN2CCC2)CC1. The van der Waals surface area contributed by atoms with E-state index in [1.165, 1.54) is 6.42 Å². The minimum atomic E-state index is -0.593. The lowest BCUT2D eigenvalue weighted by Gasteiger charge is -2.32. The van der Waals surface area contributed by atoms with Crippen LogP contribution in [-0.2, 0) is 4.79 Å². The summed E-state index contributed by atoms with van der Waals surface area (Å²) < 4.78 is 0. The van der Waals surface area contributed by atoms with E-state index in [1.807, 2.05) is 0 Å². The highest BCUT2D eigenvalue weighted by Gasteiger charge is 2.51. The van der Waals surface area contributed by atoms with Crippen LogP contribution in [0.4, 0.5) is 0 Å². The number of hydrogen-bond acceptors (Lipinski definition) is 2. The molecule has 0 amide bonds. The summed E-state index contributed by atoms with van der Waals surface area (Å²) in [7, 11) is 0. The van der Waals surface area contributed by atoms with Crippen LogP contribution in [-0.4, -0.2) is 35.6 Å². The predicted octanol–water partition coefficient (Wildman–Crippen LogP) is 0.557. The molecule has 0 bridgehead atoms. The second-order valence-corrected chi connectivity index (χ2v) is 3.72. The normalized spacial score (nSPS) is 27.6. The topological polar surface area (TPSA) is 40.5 Å². The largest absolute Gasteiger partial charge is 0.481 e. The zero-order chi connectivity index (χ0) is 7.90. The van der Waals surface area contributed by atoms with Crippen molar-refractivity contribution in [3.63, 3.8) is 0 Å². The summed E-state index contributed by atoms with van der Waals surface area (Å²) in [5.41, 5.74) is -0.333. The van der Waals surface area contributed by atoms with Gasteiger partial charge in [0, 0.05) is 6.54 Å². The summed E-state index contributed by atoms with van der Waals surface area (Å²) in [6.45, 7) is 3.01. The Labute approximate surface area is 66.0 Å². The summed E-state index contributed by atoms with van der Waals surface area (Å²) in [6.07, 6.45) is 3.02. The summed E-state index contributed by atoms with van der Waals surface area (Å²) >= 11 is 0. The first-order valence-corrected chi connectivity index (χ1v) is 4.19. The van der Waals surface area contributed by atoms with Gasteiger partial charge in [0.25, 0.3) is 0 Å². The number of carboxylic acid groups (broad SMARTS) is 1. The standard InChI is InChI=1S/C8H13NO2/c10-7(11)8(2-3-8)6-9-4-1-5-9/h1-6H2,(H,10,11). The van der Waals surface area contributed by atoms with E-state index >= 15 is 0 Å². The highest BCUT2D eigenvalue weighted by atomic mass is 16.4. The molecule has 3 heteroatoms. The minimum absolute atomic E-state index is 0.333. The van der Waals surface area contributed by atoms with Gasteiger partial charge in [0.15, 0.2) is 0 Å². The number of carbonyl (C=O) groups is 1. The molecule has 1 N–H and O–H groups in total. The van der Waals surface area contributed by atoms with E-state index in [4.69, 9.17) is 5.11 Å². The molecule has 0 unspecified atom stereocenters. The fourth-order valence-corrected chi connectivity index (χ4v) is 1.56.